The van der Waals surface area contributed by atoms with Crippen LogP contribution in [0, 0.1) is 5.82 Å². The second-order valence-electron chi connectivity index (χ2n) is 7.14. The first-order chi connectivity index (χ1) is 13.7. The lowest BCUT2D eigenvalue weighted by Gasteiger charge is -2.42. The third kappa shape index (κ3) is 4.03. The van der Waals surface area contributed by atoms with Gasteiger partial charge in [0, 0.05) is 11.6 Å². The Kier molecular flexibility index (Phi) is 5.50. The first kappa shape index (κ1) is 20.3. The molecule has 1 aliphatic rings. The molecule has 150 valence electrons. The molecule has 7 heteroatoms. The first-order valence-corrected chi connectivity index (χ1v) is 9.09. The van der Waals surface area contributed by atoms with E-state index in [1.165, 1.54) is 30.0 Å². The molecule has 1 atom stereocenters. The Hall–Kier alpha value is -3.48. The Morgan fingerprint density at radius 2 is 1.79 bits per heavy atom. The summed E-state index contributed by atoms with van der Waals surface area (Å²) in [5, 5.41) is 2.77. The minimum atomic E-state index is -1.17. The summed E-state index contributed by atoms with van der Waals surface area (Å²) in [7, 11) is 0. The summed E-state index contributed by atoms with van der Waals surface area (Å²) in [6.07, 6.45) is 1.19. The first-order valence-electron chi connectivity index (χ1n) is 9.09. The average molecular weight is 396 g/mol. The number of amides is 2. The number of carbonyl (C=O) groups excluding carboxylic acids is 3. The Labute approximate surface area is 168 Å². The SMILES string of the molecule is C[C@H](OC(=O)/C=C/c1ccccc1F)C(=O)N1c2ccccc2NC(=O)C1(C)C. The van der Waals surface area contributed by atoms with E-state index in [9.17, 15) is 18.8 Å². The van der Waals surface area contributed by atoms with Crippen molar-refractivity contribution in [3.63, 3.8) is 0 Å². The quantitative estimate of drug-likeness (QED) is 0.634. The lowest BCUT2D eigenvalue weighted by molar-refractivity contribution is -0.149. The molecule has 0 fully saturated rings. The van der Waals surface area contributed by atoms with Gasteiger partial charge in [0.2, 0.25) is 5.91 Å². The third-order valence-corrected chi connectivity index (χ3v) is 4.67. The fourth-order valence-corrected chi connectivity index (χ4v) is 3.06. The van der Waals surface area contributed by atoms with Gasteiger partial charge in [0.05, 0.1) is 11.4 Å². The van der Waals surface area contributed by atoms with Crippen molar-refractivity contribution in [1.82, 2.24) is 0 Å². The minimum Gasteiger partial charge on any atom is -0.449 e. The topological polar surface area (TPSA) is 75.7 Å². The summed E-state index contributed by atoms with van der Waals surface area (Å²) in [5.41, 5.74) is 0.0796. The number of benzene rings is 2. The van der Waals surface area contributed by atoms with E-state index in [4.69, 9.17) is 4.74 Å². The van der Waals surface area contributed by atoms with Gasteiger partial charge < -0.3 is 10.1 Å². The molecule has 2 aromatic carbocycles. The maximum absolute atomic E-state index is 13.6. The van der Waals surface area contributed by atoms with Gasteiger partial charge in [-0.05, 0) is 45.0 Å². The molecule has 0 unspecified atom stereocenters. The van der Waals surface area contributed by atoms with Crippen LogP contribution in [0.5, 0.6) is 0 Å². The minimum absolute atomic E-state index is 0.228. The van der Waals surface area contributed by atoms with E-state index in [2.05, 4.69) is 5.32 Å². The normalized spacial score (nSPS) is 16.1. The van der Waals surface area contributed by atoms with Crippen molar-refractivity contribution in [2.75, 3.05) is 10.2 Å². The highest BCUT2D eigenvalue weighted by molar-refractivity contribution is 6.15. The summed E-state index contributed by atoms with van der Waals surface area (Å²) >= 11 is 0. The lowest BCUT2D eigenvalue weighted by Crippen LogP contribution is -2.60. The molecule has 0 spiro atoms. The van der Waals surface area contributed by atoms with Crippen molar-refractivity contribution in [1.29, 1.82) is 0 Å². The van der Waals surface area contributed by atoms with Crippen molar-refractivity contribution in [2.24, 2.45) is 0 Å². The number of carbonyl (C=O) groups is 3. The zero-order valence-electron chi connectivity index (χ0n) is 16.3. The monoisotopic (exact) mass is 396 g/mol. The molecular formula is C22H21FN2O4. The summed E-state index contributed by atoms with van der Waals surface area (Å²) in [5.74, 6) is -2.15. The molecule has 0 radical (unpaired) electrons. The van der Waals surface area contributed by atoms with E-state index in [1.54, 1.807) is 50.2 Å². The molecule has 1 aliphatic heterocycles. The number of halogens is 1. The van der Waals surface area contributed by atoms with Crippen LogP contribution < -0.4 is 10.2 Å². The molecule has 0 saturated carbocycles. The number of hydrogen-bond donors (Lipinski definition) is 1. The van der Waals surface area contributed by atoms with Crippen LogP contribution in [0.3, 0.4) is 0 Å². The molecule has 6 nitrogen and oxygen atoms in total. The van der Waals surface area contributed by atoms with E-state index in [0.29, 0.717) is 11.4 Å². The molecule has 29 heavy (non-hydrogen) atoms. The van der Waals surface area contributed by atoms with Gasteiger partial charge in [-0.1, -0.05) is 30.3 Å². The molecule has 0 saturated heterocycles. The molecule has 1 heterocycles. The maximum atomic E-state index is 13.6. The Balaban J connectivity index is 1.78. The van der Waals surface area contributed by atoms with E-state index >= 15 is 0 Å². The van der Waals surface area contributed by atoms with Crippen molar-refractivity contribution in [2.45, 2.75) is 32.4 Å². The highest BCUT2D eigenvalue weighted by atomic mass is 19.1. The van der Waals surface area contributed by atoms with Crippen LogP contribution >= 0.6 is 0 Å². The zero-order chi connectivity index (χ0) is 21.2. The van der Waals surface area contributed by atoms with Gasteiger partial charge in [0.1, 0.15) is 11.4 Å². The number of nitrogens with zero attached hydrogens (tertiary/aromatic N) is 1. The lowest BCUT2D eigenvalue weighted by atomic mass is 9.95. The fraction of sp³-hybridized carbons (Fsp3) is 0.227. The van der Waals surface area contributed by atoms with Gasteiger partial charge in [-0.25, -0.2) is 9.18 Å². The fourth-order valence-electron chi connectivity index (χ4n) is 3.06. The number of ether oxygens (including phenoxy) is 1. The zero-order valence-corrected chi connectivity index (χ0v) is 16.3. The number of para-hydroxylation sites is 2. The van der Waals surface area contributed by atoms with E-state index in [1.807, 2.05) is 0 Å². The van der Waals surface area contributed by atoms with Crippen LogP contribution in [-0.2, 0) is 19.1 Å². The molecule has 0 aromatic heterocycles. The molecule has 2 amide bonds. The second kappa shape index (κ2) is 7.87. The van der Waals surface area contributed by atoms with Crippen molar-refractivity contribution >= 4 is 35.2 Å². The van der Waals surface area contributed by atoms with Crippen molar-refractivity contribution in [3.05, 3.63) is 66.0 Å². The number of anilines is 2. The van der Waals surface area contributed by atoms with Gasteiger partial charge >= 0.3 is 5.97 Å². The Morgan fingerprint density at radius 3 is 2.52 bits per heavy atom. The van der Waals surface area contributed by atoms with E-state index < -0.39 is 29.3 Å². The van der Waals surface area contributed by atoms with Crippen molar-refractivity contribution in [3.8, 4) is 0 Å². The van der Waals surface area contributed by atoms with Gasteiger partial charge in [-0.15, -0.1) is 0 Å². The standard InChI is InChI=1S/C22H21FN2O4/c1-14(29-19(26)13-12-15-8-4-5-9-16(15)23)20(27)25-18-11-7-6-10-17(18)24-21(28)22(25,2)3/h4-14H,1-3H3,(H,24,28)/b13-12+/t14-/m0/s1. The van der Waals surface area contributed by atoms with E-state index in [-0.39, 0.29) is 11.5 Å². The predicted octanol–water partition coefficient (Wildman–Crippen LogP) is 3.53. The number of rotatable bonds is 4. The molecule has 0 aliphatic carbocycles. The number of fused-ring (bicyclic) bond motifs is 1. The number of nitrogens with one attached hydrogen (secondary N) is 1. The summed E-state index contributed by atoms with van der Waals surface area (Å²) in [4.78, 5) is 39.0. The number of esters is 1. The van der Waals surface area contributed by atoms with Crippen LogP contribution in [-0.4, -0.2) is 29.4 Å². The van der Waals surface area contributed by atoms with Gasteiger partial charge in [0.15, 0.2) is 6.10 Å². The molecular weight excluding hydrogens is 375 g/mol. The highest BCUT2D eigenvalue weighted by Gasteiger charge is 2.45. The average Bonchev–Trinajstić information content (AvgIpc) is 2.67. The van der Waals surface area contributed by atoms with Crippen molar-refractivity contribution < 1.29 is 23.5 Å². The smallest absolute Gasteiger partial charge is 0.331 e. The second-order valence-corrected chi connectivity index (χ2v) is 7.14. The summed E-state index contributed by atoms with van der Waals surface area (Å²) in [6.45, 7) is 4.66. The van der Waals surface area contributed by atoms with Gasteiger partial charge in [-0.2, -0.15) is 0 Å². The number of hydrogen-bond acceptors (Lipinski definition) is 4. The molecule has 1 N–H and O–H groups in total. The third-order valence-electron chi connectivity index (χ3n) is 4.67. The molecule has 3 rings (SSSR count). The maximum Gasteiger partial charge on any atom is 0.331 e. The van der Waals surface area contributed by atoms with Crippen LogP contribution in [0.15, 0.2) is 54.6 Å². The van der Waals surface area contributed by atoms with Crippen LogP contribution in [0.1, 0.15) is 26.3 Å². The van der Waals surface area contributed by atoms with E-state index in [0.717, 1.165) is 6.08 Å². The largest absolute Gasteiger partial charge is 0.449 e. The molecule has 0 bridgehead atoms. The van der Waals surface area contributed by atoms with Crippen LogP contribution in [0.25, 0.3) is 6.08 Å². The summed E-state index contributed by atoms with van der Waals surface area (Å²) < 4.78 is 18.8. The Bertz CT molecular complexity index is 1000. The summed E-state index contributed by atoms with van der Waals surface area (Å²) in [6, 6.07) is 12.9. The van der Waals surface area contributed by atoms with Gasteiger partial charge in [0.25, 0.3) is 5.91 Å². The highest BCUT2D eigenvalue weighted by Crippen LogP contribution is 2.37. The Morgan fingerprint density at radius 1 is 1.14 bits per heavy atom. The predicted molar refractivity (Wildman–Crippen MR) is 108 cm³/mol. The van der Waals surface area contributed by atoms with Gasteiger partial charge in [-0.3, -0.25) is 14.5 Å². The van der Waals surface area contributed by atoms with Crippen LogP contribution in [0.4, 0.5) is 15.8 Å². The molecule has 2 aromatic rings. The van der Waals surface area contributed by atoms with Crippen LogP contribution in [0.2, 0.25) is 0 Å².